The SMILES string of the molecule is COCC[C@H](NC(=O)OC)C(=O)N1[C@H](c2nc3ccc(-c4cc5ccc4C[C@@H](C)c4ccc(c(-c6ccc7nc([C@@H]8C[C@@H]9CCCC[C@@H]9N8C(=O)[C@H](CCOC)NC(=O)OC)[nH]c7c6)c4)CC5)cc3[nH]2)C[C@@H]2CCCCC[C@@H]21. The number of rotatable bonds is 14. The Morgan fingerprint density at radius 1 is 0.603 bits per heavy atom. The molecule has 0 spiro atoms. The van der Waals surface area contributed by atoms with E-state index in [0.29, 0.717) is 37.9 Å². The standard InChI is InChI=1S/C62H76N8O8/c1-36-29-40-18-16-37(30-45(40)41-21-23-47-51(32-41)65-57(63-47)55-34-43-11-7-6-8-13-53(43)69(55)59(71)49(25-27-75-2)67-61(73)77-4)15-17-38-19-20-39(36)31-46(38)42-22-24-48-52(33-42)66-58(64-48)56-35-44-12-9-10-14-54(44)70(56)60(72)50(26-28-76-3)68-62(74)78-5/h16,18-24,30-33,36,43-44,49-50,53-56H,6-15,17,25-29,34-35H2,1-5H3,(H,63,65)(H,64,66)(H,67,73)(H,68,74)/t36-,43+,44+,49+,50+,53+,54+,55+,56+/m1/s1. The molecule has 16 nitrogen and oxygen atoms in total. The molecule has 4 fully saturated rings. The van der Waals surface area contributed by atoms with Gasteiger partial charge in [0.1, 0.15) is 23.7 Å². The van der Waals surface area contributed by atoms with Gasteiger partial charge in [-0.25, -0.2) is 19.6 Å². The number of benzene rings is 4. The van der Waals surface area contributed by atoms with Gasteiger partial charge in [0.2, 0.25) is 11.8 Å². The summed E-state index contributed by atoms with van der Waals surface area (Å²) in [6, 6.07) is 25.2. The summed E-state index contributed by atoms with van der Waals surface area (Å²) in [5.41, 5.74) is 13.4. The summed E-state index contributed by atoms with van der Waals surface area (Å²) >= 11 is 0. The van der Waals surface area contributed by atoms with Crippen LogP contribution in [0.1, 0.15) is 142 Å². The monoisotopic (exact) mass is 1060 g/mol. The Balaban J connectivity index is 0.857. The molecule has 2 aromatic heterocycles. The molecule has 8 aliphatic rings. The Morgan fingerprint density at radius 3 is 1.67 bits per heavy atom. The molecule has 2 saturated carbocycles. The van der Waals surface area contributed by atoms with Crippen molar-refractivity contribution in [3.8, 4) is 22.3 Å². The summed E-state index contributed by atoms with van der Waals surface area (Å²) in [6.07, 6.45) is 13.2. The molecule has 78 heavy (non-hydrogen) atoms. The van der Waals surface area contributed by atoms with Crippen LogP contribution in [0, 0.1) is 11.8 Å². The highest BCUT2D eigenvalue weighted by atomic mass is 16.5. The Bertz CT molecular complexity index is 3170. The highest BCUT2D eigenvalue weighted by molar-refractivity contribution is 5.89. The molecule has 4 heterocycles. The summed E-state index contributed by atoms with van der Waals surface area (Å²) in [5, 5.41) is 5.61. The average Bonchev–Trinajstić information content (AvgIpc) is 4.36. The van der Waals surface area contributed by atoms with Crippen LogP contribution < -0.4 is 10.6 Å². The first-order valence-corrected chi connectivity index (χ1v) is 28.6. The van der Waals surface area contributed by atoms with Crippen molar-refractivity contribution in [3.63, 3.8) is 0 Å². The number of hydrogen-bond donors (Lipinski definition) is 4. The van der Waals surface area contributed by atoms with Crippen molar-refractivity contribution >= 4 is 46.1 Å². The summed E-state index contributed by atoms with van der Waals surface area (Å²) < 4.78 is 20.6. The second-order valence-electron chi connectivity index (χ2n) is 22.7. The molecule has 6 aromatic rings. The summed E-state index contributed by atoms with van der Waals surface area (Å²) in [6.45, 7) is 2.97. The molecule has 2 aliphatic heterocycles. The fourth-order valence-electron chi connectivity index (χ4n) is 14.0. The number of methoxy groups -OCH3 is 4. The number of aryl methyl sites for hydroxylation is 2. The van der Waals surface area contributed by atoms with Crippen LogP contribution >= 0.6 is 0 Å². The van der Waals surface area contributed by atoms with E-state index in [-0.39, 0.29) is 41.9 Å². The van der Waals surface area contributed by atoms with E-state index in [4.69, 9.17) is 28.9 Å². The number of hydrogen-bond acceptors (Lipinski definition) is 10. The van der Waals surface area contributed by atoms with Crippen LogP contribution in [-0.2, 0) is 47.8 Å². The second kappa shape index (κ2) is 23.3. The topological polar surface area (TPSA) is 193 Å². The van der Waals surface area contributed by atoms with E-state index in [1.54, 1.807) is 14.2 Å². The number of H-pyrrole nitrogens is 2. The van der Waals surface area contributed by atoms with Gasteiger partial charge < -0.3 is 49.3 Å². The zero-order chi connectivity index (χ0) is 54.0. The van der Waals surface area contributed by atoms with Gasteiger partial charge in [0.15, 0.2) is 0 Å². The van der Waals surface area contributed by atoms with Crippen LogP contribution in [0.5, 0.6) is 0 Å². The van der Waals surface area contributed by atoms with Crippen molar-refractivity contribution in [2.75, 3.05) is 41.7 Å². The Labute approximate surface area is 457 Å². The Hall–Kier alpha value is -6.78. The number of fused-ring (bicyclic) bond motifs is 4. The first-order chi connectivity index (χ1) is 38.0. The van der Waals surface area contributed by atoms with Crippen molar-refractivity contribution < 1.29 is 38.1 Å². The smallest absolute Gasteiger partial charge is 0.407 e. The van der Waals surface area contributed by atoms with Crippen LogP contribution in [0.3, 0.4) is 0 Å². The average molecular weight is 1060 g/mol. The van der Waals surface area contributed by atoms with E-state index in [1.165, 1.54) is 47.6 Å². The third-order valence-electron chi connectivity index (χ3n) is 18.0. The van der Waals surface area contributed by atoms with Crippen LogP contribution in [0.4, 0.5) is 9.59 Å². The molecular formula is C62H76N8O8. The van der Waals surface area contributed by atoms with Gasteiger partial charge in [0.05, 0.1) is 48.4 Å². The first-order valence-electron chi connectivity index (χ1n) is 28.6. The molecule has 9 atom stereocenters. The fourth-order valence-corrected chi connectivity index (χ4v) is 14.0. The lowest BCUT2D eigenvalue weighted by Gasteiger charge is -2.35. The third kappa shape index (κ3) is 10.7. The van der Waals surface area contributed by atoms with Gasteiger partial charge in [-0.15, -0.1) is 0 Å². The number of carbonyl (C=O) groups excluding carboxylic acids is 4. The summed E-state index contributed by atoms with van der Waals surface area (Å²) in [5.74, 6) is 2.26. The number of carbonyl (C=O) groups is 4. The number of alkyl carbamates (subject to hydrolysis) is 2. The van der Waals surface area contributed by atoms with Crippen molar-refractivity contribution in [2.45, 2.75) is 152 Å². The summed E-state index contributed by atoms with van der Waals surface area (Å²) in [7, 11) is 5.83. The minimum atomic E-state index is -0.777. The van der Waals surface area contributed by atoms with Crippen molar-refractivity contribution in [1.29, 1.82) is 0 Å². The molecule has 0 radical (unpaired) electrons. The highest BCUT2D eigenvalue weighted by Crippen LogP contribution is 2.48. The number of aromatic amines is 2. The lowest BCUT2D eigenvalue weighted by molar-refractivity contribution is -0.138. The van der Waals surface area contributed by atoms with Crippen molar-refractivity contribution in [1.82, 2.24) is 40.4 Å². The zero-order valence-corrected chi connectivity index (χ0v) is 45.9. The zero-order valence-electron chi connectivity index (χ0n) is 45.9. The molecular weight excluding hydrogens is 985 g/mol. The van der Waals surface area contributed by atoms with Gasteiger partial charge in [0.25, 0.3) is 0 Å². The van der Waals surface area contributed by atoms with E-state index in [2.05, 4.69) is 100 Å². The molecule has 412 valence electrons. The quantitative estimate of drug-likeness (QED) is 0.0816. The van der Waals surface area contributed by atoms with Gasteiger partial charge in [-0.05, 0) is 144 Å². The van der Waals surface area contributed by atoms with E-state index >= 15 is 0 Å². The summed E-state index contributed by atoms with van der Waals surface area (Å²) in [4.78, 5) is 76.0. The second-order valence-corrected chi connectivity index (χ2v) is 22.7. The maximum absolute atomic E-state index is 14.6. The van der Waals surface area contributed by atoms with E-state index < -0.39 is 24.3 Å². The molecule has 2 saturated heterocycles. The molecule has 0 unspecified atom stereocenters. The molecule has 16 heteroatoms. The minimum absolute atomic E-state index is 0.0706. The van der Waals surface area contributed by atoms with Gasteiger partial charge in [0, 0.05) is 52.4 Å². The number of nitrogens with zero attached hydrogens (tertiary/aromatic N) is 4. The number of amides is 4. The number of nitrogens with one attached hydrogen (secondary N) is 4. The van der Waals surface area contributed by atoms with Gasteiger partial charge in [-0.2, -0.15) is 0 Å². The van der Waals surface area contributed by atoms with Crippen LogP contribution in [-0.4, -0.2) is 120 Å². The predicted molar refractivity (Wildman–Crippen MR) is 299 cm³/mol. The fraction of sp³-hybridized carbons (Fsp3) is 0.516. The Kier molecular flexibility index (Phi) is 15.9. The third-order valence-corrected chi connectivity index (χ3v) is 18.0. The molecule has 6 aliphatic carbocycles. The molecule has 4 aromatic carbocycles. The highest BCUT2D eigenvalue weighted by Gasteiger charge is 2.49. The Morgan fingerprint density at radius 2 is 1.12 bits per heavy atom. The molecule has 4 N–H and O–H groups in total. The number of ether oxygens (including phenoxy) is 4. The van der Waals surface area contributed by atoms with E-state index in [9.17, 15) is 19.2 Å². The largest absolute Gasteiger partial charge is 0.453 e. The first kappa shape index (κ1) is 53.2. The van der Waals surface area contributed by atoms with Crippen molar-refractivity contribution in [2.24, 2.45) is 11.8 Å². The van der Waals surface area contributed by atoms with E-state index in [1.807, 2.05) is 9.80 Å². The molecule has 14 rings (SSSR count). The van der Waals surface area contributed by atoms with E-state index in [0.717, 1.165) is 135 Å². The van der Waals surface area contributed by atoms with Crippen LogP contribution in [0.2, 0.25) is 0 Å². The lowest BCUT2D eigenvalue weighted by Crippen LogP contribution is -2.52. The van der Waals surface area contributed by atoms with Crippen LogP contribution in [0.25, 0.3) is 44.3 Å². The maximum Gasteiger partial charge on any atom is 0.407 e. The predicted octanol–water partition coefficient (Wildman–Crippen LogP) is 10.8. The normalized spacial score (nSPS) is 23.7. The molecule has 4 bridgehead atoms. The van der Waals surface area contributed by atoms with Crippen LogP contribution in [0.15, 0.2) is 72.8 Å². The number of aromatic nitrogens is 4. The number of imidazole rings is 2. The van der Waals surface area contributed by atoms with Gasteiger partial charge in [-0.1, -0.05) is 87.6 Å². The van der Waals surface area contributed by atoms with Gasteiger partial charge >= 0.3 is 12.2 Å². The molecule has 4 amide bonds. The van der Waals surface area contributed by atoms with Crippen molar-refractivity contribution in [3.05, 3.63) is 107 Å². The van der Waals surface area contributed by atoms with Gasteiger partial charge in [-0.3, -0.25) is 9.59 Å². The minimum Gasteiger partial charge on any atom is -0.453 e. The number of likely N-dealkylation sites (tertiary alicyclic amines) is 2. The maximum atomic E-state index is 14.6. The lowest BCUT2D eigenvalue weighted by atomic mass is 9.84.